The molecule has 1 N–H and O–H groups in total. The summed E-state index contributed by atoms with van der Waals surface area (Å²) in [5, 5.41) is 4.74. The molecule has 0 bridgehead atoms. The Bertz CT molecular complexity index is 487. The lowest BCUT2D eigenvalue weighted by Crippen LogP contribution is -2.49. The smallest absolute Gasteiger partial charge is 0.407 e. The van der Waals surface area contributed by atoms with Crippen molar-refractivity contribution >= 4 is 23.3 Å². The summed E-state index contributed by atoms with van der Waals surface area (Å²) < 4.78 is 4.88. The van der Waals surface area contributed by atoms with Crippen LogP contribution < -0.4 is 5.32 Å². The van der Waals surface area contributed by atoms with Crippen LogP contribution in [0.1, 0.15) is 35.0 Å². The lowest BCUT2D eigenvalue weighted by molar-refractivity contribution is 0.0690. The summed E-state index contributed by atoms with van der Waals surface area (Å²) in [6.07, 6.45) is 1.37. The molecule has 1 atom stereocenters. The van der Waals surface area contributed by atoms with Gasteiger partial charge in [-0.2, -0.15) is 0 Å². The van der Waals surface area contributed by atoms with E-state index in [0.717, 1.165) is 29.8 Å². The van der Waals surface area contributed by atoms with Crippen molar-refractivity contribution in [2.24, 2.45) is 0 Å². The number of thiophene rings is 1. The second-order valence-electron chi connectivity index (χ2n) is 4.89. The number of hydrogen-bond acceptors (Lipinski definition) is 4. The van der Waals surface area contributed by atoms with Gasteiger partial charge in [0.1, 0.15) is 0 Å². The minimum atomic E-state index is -0.404. The van der Waals surface area contributed by atoms with Crippen LogP contribution >= 0.6 is 11.3 Å². The van der Waals surface area contributed by atoms with Crippen molar-refractivity contribution in [1.82, 2.24) is 10.2 Å². The van der Waals surface area contributed by atoms with E-state index < -0.39 is 6.09 Å². The largest absolute Gasteiger partial charge is 0.450 e. The van der Waals surface area contributed by atoms with E-state index in [-0.39, 0.29) is 11.9 Å². The van der Waals surface area contributed by atoms with Gasteiger partial charge in [0.15, 0.2) is 0 Å². The Kier molecular flexibility index (Phi) is 5.00. The third-order valence-electron chi connectivity index (χ3n) is 3.36. The average molecular weight is 296 g/mol. The van der Waals surface area contributed by atoms with Gasteiger partial charge < -0.3 is 15.0 Å². The van der Waals surface area contributed by atoms with Gasteiger partial charge in [0.2, 0.25) is 0 Å². The highest BCUT2D eigenvalue weighted by Crippen LogP contribution is 2.20. The number of piperidine rings is 1. The average Bonchev–Trinajstić information content (AvgIpc) is 2.84. The number of carbonyl (C=O) groups is 2. The van der Waals surface area contributed by atoms with Crippen LogP contribution in [-0.2, 0) is 4.74 Å². The molecule has 2 heterocycles. The summed E-state index contributed by atoms with van der Waals surface area (Å²) in [5.74, 6) is 0.0628. The van der Waals surface area contributed by atoms with E-state index in [1.807, 2.05) is 23.3 Å². The predicted molar refractivity (Wildman–Crippen MR) is 78.1 cm³/mol. The predicted octanol–water partition coefficient (Wildman–Crippen LogP) is 2.41. The van der Waals surface area contributed by atoms with Gasteiger partial charge >= 0.3 is 6.09 Å². The van der Waals surface area contributed by atoms with Crippen molar-refractivity contribution in [2.75, 3.05) is 19.7 Å². The number of nitrogens with zero attached hydrogens (tertiary/aromatic N) is 1. The maximum absolute atomic E-state index is 12.4. The van der Waals surface area contributed by atoms with Gasteiger partial charge in [0, 0.05) is 19.1 Å². The summed E-state index contributed by atoms with van der Waals surface area (Å²) in [6, 6.07) is 1.93. The molecule has 1 fully saturated rings. The first-order valence-corrected chi connectivity index (χ1v) is 7.76. The second kappa shape index (κ2) is 6.74. The zero-order valence-corrected chi connectivity index (χ0v) is 12.7. The number of likely N-dealkylation sites (tertiary alicyclic amines) is 1. The van der Waals surface area contributed by atoms with Gasteiger partial charge in [0.05, 0.1) is 11.5 Å². The van der Waals surface area contributed by atoms with Crippen molar-refractivity contribution in [3.8, 4) is 0 Å². The van der Waals surface area contributed by atoms with Gasteiger partial charge in [0.25, 0.3) is 5.91 Å². The van der Waals surface area contributed by atoms with Crippen LogP contribution in [0.4, 0.5) is 4.79 Å². The summed E-state index contributed by atoms with van der Waals surface area (Å²) in [6.45, 7) is 5.37. The maximum Gasteiger partial charge on any atom is 0.407 e. The van der Waals surface area contributed by atoms with Crippen molar-refractivity contribution in [3.05, 3.63) is 21.9 Å². The molecule has 0 aromatic carbocycles. The number of carbonyl (C=O) groups excluding carboxylic acids is 2. The molecular formula is C14H20N2O3S. The van der Waals surface area contributed by atoms with Crippen molar-refractivity contribution in [2.45, 2.75) is 32.7 Å². The molecule has 0 saturated carbocycles. The van der Waals surface area contributed by atoms with E-state index in [2.05, 4.69) is 5.32 Å². The highest BCUT2D eigenvalue weighted by Gasteiger charge is 2.26. The first kappa shape index (κ1) is 14.8. The molecule has 0 aliphatic carbocycles. The highest BCUT2D eigenvalue weighted by atomic mass is 32.1. The number of hydrogen-bond donors (Lipinski definition) is 1. The molecule has 1 aromatic rings. The molecule has 5 nitrogen and oxygen atoms in total. The van der Waals surface area contributed by atoms with E-state index in [9.17, 15) is 9.59 Å². The third-order valence-corrected chi connectivity index (χ3v) is 4.37. The number of aryl methyl sites for hydroxylation is 1. The standard InChI is InChI=1S/C14H20N2O3S/c1-3-19-14(18)15-11-5-4-7-16(9-11)13(17)12-10(2)6-8-20-12/h6,8,11H,3-5,7,9H2,1-2H3,(H,15,18)/t11-/m1/s1. The summed E-state index contributed by atoms with van der Waals surface area (Å²) in [4.78, 5) is 26.5. The van der Waals surface area contributed by atoms with Gasteiger partial charge in [-0.1, -0.05) is 0 Å². The number of rotatable bonds is 3. The fraction of sp³-hybridized carbons (Fsp3) is 0.571. The molecule has 2 amide bonds. The van der Waals surface area contributed by atoms with E-state index in [1.54, 1.807) is 6.92 Å². The molecule has 110 valence electrons. The normalized spacial score (nSPS) is 18.7. The SMILES string of the molecule is CCOC(=O)N[C@@H]1CCCN(C(=O)c2sccc2C)C1. The van der Waals surface area contributed by atoms with Crippen LogP contribution in [0.25, 0.3) is 0 Å². The van der Waals surface area contributed by atoms with Gasteiger partial charge in [-0.25, -0.2) is 4.79 Å². The van der Waals surface area contributed by atoms with Crippen molar-refractivity contribution in [3.63, 3.8) is 0 Å². The van der Waals surface area contributed by atoms with E-state index >= 15 is 0 Å². The van der Waals surface area contributed by atoms with Crippen LogP contribution in [0.15, 0.2) is 11.4 Å². The summed E-state index contributed by atoms with van der Waals surface area (Å²) in [5.41, 5.74) is 1.01. The van der Waals surface area contributed by atoms with Crippen LogP contribution in [0, 0.1) is 6.92 Å². The lowest BCUT2D eigenvalue weighted by atomic mass is 10.1. The van der Waals surface area contributed by atoms with Crippen molar-refractivity contribution in [1.29, 1.82) is 0 Å². The molecule has 0 radical (unpaired) electrons. The first-order valence-electron chi connectivity index (χ1n) is 6.88. The first-order chi connectivity index (χ1) is 9.61. The highest BCUT2D eigenvalue weighted by molar-refractivity contribution is 7.12. The summed E-state index contributed by atoms with van der Waals surface area (Å²) >= 11 is 1.47. The van der Waals surface area contributed by atoms with Crippen molar-refractivity contribution < 1.29 is 14.3 Å². The van der Waals surface area contributed by atoms with Gasteiger partial charge in [-0.15, -0.1) is 11.3 Å². The van der Waals surface area contributed by atoms with Gasteiger partial charge in [-0.3, -0.25) is 4.79 Å². The molecule has 0 spiro atoms. The van der Waals surface area contributed by atoms with Crippen LogP contribution in [0.3, 0.4) is 0 Å². The Balaban J connectivity index is 1.95. The van der Waals surface area contributed by atoms with Gasteiger partial charge in [-0.05, 0) is 43.7 Å². The molecule has 1 aliphatic rings. The number of amides is 2. The molecule has 6 heteroatoms. The number of alkyl carbamates (subject to hydrolysis) is 1. The Morgan fingerprint density at radius 1 is 1.55 bits per heavy atom. The zero-order valence-electron chi connectivity index (χ0n) is 11.8. The number of nitrogens with one attached hydrogen (secondary N) is 1. The number of ether oxygens (including phenoxy) is 1. The monoisotopic (exact) mass is 296 g/mol. The Morgan fingerprint density at radius 2 is 2.35 bits per heavy atom. The third kappa shape index (κ3) is 3.50. The van der Waals surface area contributed by atoms with Crippen LogP contribution in [0.2, 0.25) is 0 Å². The fourth-order valence-corrected chi connectivity index (χ4v) is 3.25. The Labute approximate surface area is 122 Å². The van der Waals surface area contributed by atoms with E-state index in [1.165, 1.54) is 11.3 Å². The topological polar surface area (TPSA) is 58.6 Å². The molecule has 2 rings (SSSR count). The molecular weight excluding hydrogens is 276 g/mol. The quantitative estimate of drug-likeness (QED) is 0.932. The molecule has 1 aromatic heterocycles. The Hall–Kier alpha value is -1.56. The Morgan fingerprint density at radius 3 is 3.00 bits per heavy atom. The zero-order chi connectivity index (χ0) is 14.5. The molecule has 20 heavy (non-hydrogen) atoms. The fourth-order valence-electron chi connectivity index (χ4n) is 2.35. The van der Waals surface area contributed by atoms with Crippen LogP contribution in [-0.4, -0.2) is 42.6 Å². The summed E-state index contributed by atoms with van der Waals surface area (Å²) in [7, 11) is 0. The molecule has 1 aliphatic heterocycles. The molecule has 0 unspecified atom stereocenters. The van der Waals surface area contributed by atoms with Crippen LogP contribution in [0.5, 0.6) is 0 Å². The minimum Gasteiger partial charge on any atom is -0.450 e. The second-order valence-corrected chi connectivity index (χ2v) is 5.80. The maximum atomic E-state index is 12.4. The van der Waals surface area contributed by atoms with E-state index in [4.69, 9.17) is 4.74 Å². The lowest BCUT2D eigenvalue weighted by Gasteiger charge is -2.32. The van der Waals surface area contributed by atoms with E-state index in [0.29, 0.717) is 13.2 Å². The minimum absolute atomic E-state index is 0.0213. The molecule has 1 saturated heterocycles.